The number of nitrogens with one attached hydrogen (secondary N) is 1. The molecule has 0 radical (unpaired) electrons. The van der Waals surface area contributed by atoms with Crippen LogP contribution in [0.3, 0.4) is 0 Å². The molecular formula is C25H24INO10. The Bertz CT molecular complexity index is 1430. The number of rotatable bonds is 7. The lowest BCUT2D eigenvalue weighted by atomic mass is 10.1. The van der Waals surface area contributed by atoms with Crippen LogP contribution in [0, 0.1) is 3.57 Å². The van der Waals surface area contributed by atoms with Gasteiger partial charge in [-0.05, 0) is 65.9 Å². The summed E-state index contributed by atoms with van der Waals surface area (Å²) in [5.74, 6) is 0.596. The Morgan fingerprint density at radius 3 is 2.41 bits per heavy atom. The topological polar surface area (TPSA) is 146 Å². The third-order valence-corrected chi connectivity index (χ3v) is 6.50. The van der Waals surface area contributed by atoms with E-state index in [9.17, 15) is 19.8 Å². The molecule has 0 fully saturated rings. The second kappa shape index (κ2) is 10.9. The highest BCUT2D eigenvalue weighted by Crippen LogP contribution is 2.38. The zero-order valence-corrected chi connectivity index (χ0v) is 22.4. The van der Waals surface area contributed by atoms with Crippen molar-refractivity contribution in [1.82, 2.24) is 0 Å². The summed E-state index contributed by atoms with van der Waals surface area (Å²) in [6.45, 7) is 1.56. The van der Waals surface area contributed by atoms with Crippen molar-refractivity contribution in [1.29, 1.82) is 0 Å². The maximum Gasteiger partial charge on any atom is 0.360 e. The largest absolute Gasteiger partial charge is 0.496 e. The molecule has 1 aromatic heterocycles. The number of carbonyl (C=O) groups excluding carboxylic acids is 1. The molecule has 4 rings (SSSR count). The molecule has 3 unspecified atom stereocenters. The molecule has 0 saturated heterocycles. The Morgan fingerprint density at radius 2 is 1.76 bits per heavy atom. The van der Waals surface area contributed by atoms with Crippen LogP contribution in [0.2, 0.25) is 0 Å². The maximum atomic E-state index is 12.7. The van der Waals surface area contributed by atoms with Crippen molar-refractivity contribution in [2.75, 3.05) is 26.6 Å². The molecule has 2 aromatic carbocycles. The van der Waals surface area contributed by atoms with Gasteiger partial charge in [-0.2, -0.15) is 0 Å². The van der Waals surface area contributed by atoms with Gasteiger partial charge in [0.05, 0.1) is 24.9 Å². The molecule has 3 N–H and O–H groups in total. The zero-order chi connectivity index (χ0) is 26.9. The van der Waals surface area contributed by atoms with E-state index < -0.39 is 30.0 Å². The van der Waals surface area contributed by atoms with Crippen LogP contribution >= 0.6 is 22.6 Å². The van der Waals surface area contributed by atoms with Crippen molar-refractivity contribution in [3.8, 4) is 17.2 Å². The first-order valence-electron chi connectivity index (χ1n) is 10.9. The molecule has 12 heteroatoms. The molecule has 1 aliphatic rings. The van der Waals surface area contributed by atoms with Gasteiger partial charge in [-0.1, -0.05) is 0 Å². The van der Waals surface area contributed by atoms with Crippen molar-refractivity contribution in [2.24, 2.45) is 0 Å². The van der Waals surface area contributed by atoms with E-state index in [1.165, 1.54) is 33.5 Å². The standard InChI is InChI=1S/C25H24INO10/c1-11-20(33-3)18(28)19(29)25(35-11)36-17-8-5-12-10-15(24(31)37-21(12)22(17)34-4)27-23(30)13-6-7-16(32-2)14(26)9-13/h5-10,18-19,25,28-29H,1-4H3,(H,27,30). The van der Waals surface area contributed by atoms with E-state index in [0.717, 1.165) is 3.57 Å². The highest BCUT2D eigenvalue weighted by atomic mass is 127. The van der Waals surface area contributed by atoms with Crippen LogP contribution in [-0.4, -0.2) is 55.9 Å². The fraction of sp³-hybridized carbons (Fsp3) is 0.280. The number of halogens is 1. The van der Waals surface area contributed by atoms with Crippen molar-refractivity contribution in [2.45, 2.75) is 25.4 Å². The summed E-state index contributed by atoms with van der Waals surface area (Å²) in [5, 5.41) is 23.7. The van der Waals surface area contributed by atoms with Crippen molar-refractivity contribution in [3.05, 3.63) is 67.5 Å². The van der Waals surface area contributed by atoms with Gasteiger partial charge in [-0.3, -0.25) is 4.79 Å². The Labute approximate surface area is 224 Å². The third-order valence-electron chi connectivity index (χ3n) is 5.66. The van der Waals surface area contributed by atoms with Crippen LogP contribution in [0.1, 0.15) is 17.3 Å². The fourth-order valence-electron chi connectivity index (χ4n) is 3.81. The van der Waals surface area contributed by atoms with Crippen molar-refractivity contribution < 1.29 is 43.1 Å². The SMILES string of the molecule is COC1=C(C)OC(Oc2ccc3cc(NC(=O)c4ccc(OC)c(I)c4)c(=O)oc3c2OC)C(O)C1O. The first kappa shape index (κ1) is 26.6. The molecule has 3 aromatic rings. The third kappa shape index (κ3) is 5.17. The minimum Gasteiger partial charge on any atom is -0.496 e. The van der Waals surface area contributed by atoms with Gasteiger partial charge in [-0.25, -0.2) is 4.79 Å². The summed E-state index contributed by atoms with van der Waals surface area (Å²) in [6, 6.07) is 9.42. The molecule has 0 bridgehead atoms. The summed E-state index contributed by atoms with van der Waals surface area (Å²) in [5.41, 5.74) is -0.494. The Balaban J connectivity index is 1.63. The number of fused-ring (bicyclic) bond motifs is 1. The highest BCUT2D eigenvalue weighted by molar-refractivity contribution is 14.1. The van der Waals surface area contributed by atoms with E-state index in [-0.39, 0.29) is 34.3 Å². The number of carbonyl (C=O) groups is 1. The molecule has 3 atom stereocenters. The van der Waals surface area contributed by atoms with Gasteiger partial charge in [0, 0.05) is 10.9 Å². The number of amides is 1. The fourth-order valence-corrected chi connectivity index (χ4v) is 4.55. The molecule has 2 heterocycles. The van der Waals surface area contributed by atoms with Crippen LogP contribution in [0.15, 0.2) is 57.1 Å². The first-order valence-corrected chi connectivity index (χ1v) is 12.0. The van der Waals surface area contributed by atoms with Crippen LogP contribution in [-0.2, 0) is 9.47 Å². The number of ether oxygens (including phenoxy) is 5. The van der Waals surface area contributed by atoms with Crippen LogP contribution in [0.4, 0.5) is 5.69 Å². The van der Waals surface area contributed by atoms with Gasteiger partial charge < -0.3 is 43.6 Å². The lowest BCUT2D eigenvalue weighted by Gasteiger charge is -2.34. The smallest absolute Gasteiger partial charge is 0.360 e. The zero-order valence-electron chi connectivity index (χ0n) is 20.2. The predicted molar refractivity (Wildman–Crippen MR) is 140 cm³/mol. The van der Waals surface area contributed by atoms with E-state index in [2.05, 4.69) is 5.32 Å². The lowest BCUT2D eigenvalue weighted by Crippen LogP contribution is -2.47. The minimum atomic E-state index is -1.47. The quantitative estimate of drug-likeness (QED) is 0.265. The van der Waals surface area contributed by atoms with Gasteiger partial charge in [-0.15, -0.1) is 0 Å². The monoisotopic (exact) mass is 625 g/mol. The second-order valence-corrected chi connectivity index (χ2v) is 9.09. The average Bonchev–Trinajstić information content (AvgIpc) is 2.87. The lowest BCUT2D eigenvalue weighted by molar-refractivity contribution is -0.175. The number of hydrogen-bond donors (Lipinski definition) is 3. The molecule has 1 amide bonds. The van der Waals surface area contributed by atoms with Gasteiger partial charge in [0.15, 0.2) is 23.2 Å². The summed E-state index contributed by atoms with van der Waals surface area (Å²) in [4.78, 5) is 25.5. The van der Waals surface area contributed by atoms with Crippen LogP contribution < -0.4 is 25.2 Å². The van der Waals surface area contributed by atoms with E-state index in [1.54, 1.807) is 31.2 Å². The molecule has 0 spiro atoms. The number of allylic oxidation sites excluding steroid dienone is 1. The Morgan fingerprint density at radius 1 is 1.03 bits per heavy atom. The van der Waals surface area contributed by atoms with Crippen molar-refractivity contribution >= 4 is 45.2 Å². The molecule has 11 nitrogen and oxygen atoms in total. The van der Waals surface area contributed by atoms with E-state index >= 15 is 0 Å². The minimum absolute atomic E-state index is 0.0534. The summed E-state index contributed by atoms with van der Waals surface area (Å²) in [7, 11) is 4.23. The van der Waals surface area contributed by atoms with Gasteiger partial charge in [0.1, 0.15) is 23.3 Å². The van der Waals surface area contributed by atoms with Crippen LogP contribution in [0.5, 0.6) is 17.2 Å². The van der Waals surface area contributed by atoms with E-state index in [4.69, 9.17) is 28.1 Å². The van der Waals surface area contributed by atoms with E-state index in [1.807, 2.05) is 22.6 Å². The average molecular weight is 625 g/mol. The molecule has 0 aliphatic carbocycles. The van der Waals surface area contributed by atoms with Gasteiger partial charge in [0.2, 0.25) is 5.75 Å². The number of benzene rings is 2. The van der Waals surface area contributed by atoms with Gasteiger partial charge >= 0.3 is 5.63 Å². The summed E-state index contributed by atoms with van der Waals surface area (Å²) >= 11 is 2.05. The van der Waals surface area contributed by atoms with Crippen molar-refractivity contribution in [3.63, 3.8) is 0 Å². The number of aliphatic hydroxyl groups is 2. The van der Waals surface area contributed by atoms with E-state index in [0.29, 0.717) is 16.7 Å². The normalized spacial score (nSPS) is 19.3. The number of hydrogen-bond acceptors (Lipinski definition) is 10. The Hall–Kier alpha value is -3.49. The molecule has 37 heavy (non-hydrogen) atoms. The highest BCUT2D eigenvalue weighted by Gasteiger charge is 2.40. The summed E-state index contributed by atoms with van der Waals surface area (Å²) in [6.07, 6.45) is -4.13. The maximum absolute atomic E-state index is 12.7. The molecule has 196 valence electrons. The predicted octanol–water partition coefficient (Wildman–Crippen LogP) is 3.00. The number of methoxy groups -OCH3 is 3. The number of aliphatic hydroxyl groups excluding tert-OH is 2. The molecule has 1 aliphatic heterocycles. The van der Waals surface area contributed by atoms with Gasteiger partial charge in [0.25, 0.3) is 12.2 Å². The first-order chi connectivity index (χ1) is 17.7. The van der Waals surface area contributed by atoms with Crippen LogP contribution in [0.25, 0.3) is 11.0 Å². The molecule has 0 saturated carbocycles. The summed E-state index contributed by atoms with van der Waals surface area (Å²) < 4.78 is 33.2. The molecular weight excluding hydrogens is 601 g/mol. The second-order valence-electron chi connectivity index (χ2n) is 7.93. The Kier molecular flexibility index (Phi) is 7.80. The number of anilines is 1.